The second-order valence-corrected chi connectivity index (χ2v) is 5.82. The molecule has 0 saturated heterocycles. The van der Waals surface area contributed by atoms with E-state index in [4.69, 9.17) is 14.3 Å². The van der Waals surface area contributed by atoms with E-state index in [-0.39, 0.29) is 30.5 Å². The van der Waals surface area contributed by atoms with Crippen LogP contribution >= 0.6 is 0 Å². The number of aliphatic hydroxyl groups excluding tert-OH is 1. The van der Waals surface area contributed by atoms with Gasteiger partial charge in [-0.1, -0.05) is 0 Å². The highest BCUT2D eigenvalue weighted by molar-refractivity contribution is 7.90. The SMILES string of the molecule is CS(=O)(=O)CCCOc1coc(CO)cc1=O. The highest BCUT2D eigenvalue weighted by atomic mass is 32.2. The second-order valence-electron chi connectivity index (χ2n) is 3.56. The number of hydrogen-bond donors (Lipinski definition) is 1. The zero-order valence-corrected chi connectivity index (χ0v) is 10.2. The molecule has 0 atom stereocenters. The average molecular weight is 262 g/mol. The van der Waals surface area contributed by atoms with E-state index < -0.39 is 15.3 Å². The van der Waals surface area contributed by atoms with E-state index >= 15 is 0 Å². The standard InChI is InChI=1S/C10H14O6S/c1-17(13,14)4-2-3-15-10-7-16-8(6-11)5-9(10)12/h5,7,11H,2-4,6H2,1H3. The Morgan fingerprint density at radius 2 is 2.18 bits per heavy atom. The van der Waals surface area contributed by atoms with Crippen LogP contribution in [0.2, 0.25) is 0 Å². The third kappa shape index (κ3) is 5.01. The summed E-state index contributed by atoms with van der Waals surface area (Å²) in [6, 6.07) is 1.13. The number of aliphatic hydroxyl groups is 1. The fraction of sp³-hybridized carbons (Fsp3) is 0.500. The van der Waals surface area contributed by atoms with Gasteiger partial charge in [-0.15, -0.1) is 0 Å². The predicted molar refractivity (Wildman–Crippen MR) is 60.7 cm³/mol. The van der Waals surface area contributed by atoms with Crippen LogP contribution in [0.5, 0.6) is 5.75 Å². The summed E-state index contributed by atoms with van der Waals surface area (Å²) in [5.74, 6) is 0.168. The Labute approximate surface area is 98.8 Å². The molecule has 7 heteroatoms. The lowest BCUT2D eigenvalue weighted by molar-refractivity contribution is 0.237. The minimum atomic E-state index is -3.01. The molecule has 1 rings (SSSR count). The van der Waals surface area contributed by atoms with Crippen molar-refractivity contribution in [1.82, 2.24) is 0 Å². The van der Waals surface area contributed by atoms with Crippen LogP contribution in [0.1, 0.15) is 12.2 Å². The van der Waals surface area contributed by atoms with Gasteiger partial charge in [-0.05, 0) is 6.42 Å². The molecule has 0 bridgehead atoms. The smallest absolute Gasteiger partial charge is 0.227 e. The molecule has 0 aromatic carbocycles. The summed E-state index contributed by atoms with van der Waals surface area (Å²) in [6.07, 6.45) is 2.55. The monoisotopic (exact) mass is 262 g/mol. The molecule has 0 radical (unpaired) electrons. The number of ether oxygens (including phenoxy) is 1. The molecule has 0 unspecified atom stereocenters. The van der Waals surface area contributed by atoms with Crippen LogP contribution in [0.25, 0.3) is 0 Å². The summed E-state index contributed by atoms with van der Waals surface area (Å²) in [6.45, 7) is -0.236. The maximum Gasteiger partial charge on any atom is 0.227 e. The van der Waals surface area contributed by atoms with Crippen molar-refractivity contribution < 1.29 is 22.7 Å². The van der Waals surface area contributed by atoms with Crippen molar-refractivity contribution in [2.45, 2.75) is 13.0 Å². The molecule has 1 heterocycles. The Bertz CT molecular complexity index is 516. The van der Waals surface area contributed by atoms with Gasteiger partial charge in [0.05, 0.1) is 12.4 Å². The molecule has 1 aromatic heterocycles. The molecular weight excluding hydrogens is 248 g/mol. The van der Waals surface area contributed by atoms with Crippen molar-refractivity contribution in [1.29, 1.82) is 0 Å². The van der Waals surface area contributed by atoms with Crippen LogP contribution in [0.4, 0.5) is 0 Å². The van der Waals surface area contributed by atoms with E-state index in [0.717, 1.165) is 18.6 Å². The molecule has 0 aliphatic heterocycles. The summed E-state index contributed by atoms with van der Waals surface area (Å²) in [4.78, 5) is 11.4. The summed E-state index contributed by atoms with van der Waals surface area (Å²) in [7, 11) is -3.01. The molecule has 6 nitrogen and oxygen atoms in total. The third-order valence-electron chi connectivity index (χ3n) is 1.93. The fourth-order valence-corrected chi connectivity index (χ4v) is 1.77. The Kier molecular flexibility index (Phi) is 4.71. The summed E-state index contributed by atoms with van der Waals surface area (Å²) < 4.78 is 31.6. The zero-order valence-electron chi connectivity index (χ0n) is 9.38. The number of rotatable bonds is 6. The van der Waals surface area contributed by atoms with Crippen molar-refractivity contribution in [2.75, 3.05) is 18.6 Å². The molecule has 0 aliphatic rings. The van der Waals surface area contributed by atoms with Gasteiger partial charge in [0.15, 0.2) is 0 Å². The number of sulfone groups is 1. The molecule has 17 heavy (non-hydrogen) atoms. The lowest BCUT2D eigenvalue weighted by Gasteiger charge is -2.04. The van der Waals surface area contributed by atoms with Crippen LogP contribution in [-0.2, 0) is 16.4 Å². The average Bonchev–Trinajstić information content (AvgIpc) is 2.24. The van der Waals surface area contributed by atoms with Crippen molar-refractivity contribution in [2.24, 2.45) is 0 Å². The van der Waals surface area contributed by atoms with Gasteiger partial charge in [-0.2, -0.15) is 0 Å². The zero-order chi connectivity index (χ0) is 12.9. The first-order valence-corrected chi connectivity index (χ1v) is 7.01. The van der Waals surface area contributed by atoms with Gasteiger partial charge in [-0.25, -0.2) is 8.42 Å². The van der Waals surface area contributed by atoms with E-state index in [2.05, 4.69) is 0 Å². The molecular formula is C10H14O6S. The van der Waals surface area contributed by atoms with E-state index in [1.807, 2.05) is 0 Å². The van der Waals surface area contributed by atoms with E-state index in [0.29, 0.717) is 6.42 Å². The predicted octanol–water partition coefficient (Wildman–Crippen LogP) is -0.0544. The van der Waals surface area contributed by atoms with Crippen molar-refractivity contribution in [3.8, 4) is 5.75 Å². The molecule has 0 aliphatic carbocycles. The normalized spacial score (nSPS) is 11.4. The van der Waals surface area contributed by atoms with Gasteiger partial charge in [0.1, 0.15) is 28.5 Å². The minimum Gasteiger partial charge on any atom is -0.487 e. The van der Waals surface area contributed by atoms with E-state index in [1.165, 1.54) is 0 Å². The van der Waals surface area contributed by atoms with Gasteiger partial charge >= 0.3 is 0 Å². The largest absolute Gasteiger partial charge is 0.487 e. The molecule has 0 amide bonds. The van der Waals surface area contributed by atoms with Crippen LogP contribution in [0, 0.1) is 0 Å². The summed E-state index contributed by atoms with van der Waals surface area (Å²) >= 11 is 0. The molecule has 1 aromatic rings. The molecule has 96 valence electrons. The van der Waals surface area contributed by atoms with Crippen LogP contribution in [0.3, 0.4) is 0 Å². The molecule has 0 fully saturated rings. The van der Waals surface area contributed by atoms with Gasteiger partial charge in [0, 0.05) is 12.3 Å². The first kappa shape index (κ1) is 13.7. The molecule has 0 saturated carbocycles. The van der Waals surface area contributed by atoms with Crippen LogP contribution < -0.4 is 10.2 Å². The van der Waals surface area contributed by atoms with Crippen molar-refractivity contribution in [3.63, 3.8) is 0 Å². The summed E-state index contributed by atoms with van der Waals surface area (Å²) in [5.41, 5.74) is -0.403. The first-order chi connectivity index (χ1) is 7.92. The van der Waals surface area contributed by atoms with Gasteiger partial charge in [0.25, 0.3) is 0 Å². The summed E-state index contributed by atoms with van der Waals surface area (Å²) in [5, 5.41) is 8.72. The Balaban J connectivity index is 2.50. The lowest BCUT2D eigenvalue weighted by Crippen LogP contribution is -2.12. The Morgan fingerprint density at radius 1 is 1.47 bits per heavy atom. The Morgan fingerprint density at radius 3 is 2.71 bits per heavy atom. The van der Waals surface area contributed by atoms with Crippen molar-refractivity contribution >= 4 is 9.84 Å². The topological polar surface area (TPSA) is 93.8 Å². The maximum absolute atomic E-state index is 11.4. The fourth-order valence-electron chi connectivity index (χ4n) is 1.13. The van der Waals surface area contributed by atoms with Gasteiger partial charge < -0.3 is 14.3 Å². The Hall–Kier alpha value is -1.34. The van der Waals surface area contributed by atoms with E-state index in [9.17, 15) is 13.2 Å². The first-order valence-electron chi connectivity index (χ1n) is 4.95. The quantitative estimate of drug-likeness (QED) is 0.722. The maximum atomic E-state index is 11.4. The third-order valence-corrected chi connectivity index (χ3v) is 2.96. The minimum absolute atomic E-state index is 0.00700. The molecule has 0 spiro atoms. The van der Waals surface area contributed by atoms with Gasteiger partial charge in [0.2, 0.25) is 11.2 Å². The van der Waals surface area contributed by atoms with Crippen LogP contribution in [0.15, 0.2) is 21.5 Å². The van der Waals surface area contributed by atoms with Crippen molar-refractivity contribution in [3.05, 3.63) is 28.3 Å². The van der Waals surface area contributed by atoms with Gasteiger partial charge in [-0.3, -0.25) is 4.79 Å². The lowest BCUT2D eigenvalue weighted by atomic mass is 10.4. The van der Waals surface area contributed by atoms with Crippen LogP contribution in [-0.4, -0.2) is 32.1 Å². The highest BCUT2D eigenvalue weighted by Gasteiger charge is 2.05. The molecule has 1 N–H and O–H groups in total. The highest BCUT2D eigenvalue weighted by Crippen LogP contribution is 2.06. The van der Waals surface area contributed by atoms with E-state index in [1.54, 1.807) is 0 Å². The number of hydrogen-bond acceptors (Lipinski definition) is 6. The second kappa shape index (κ2) is 5.83.